The largest absolute Gasteiger partial charge is 0.365 e. The van der Waals surface area contributed by atoms with Gasteiger partial charge in [-0.25, -0.2) is 0 Å². The summed E-state index contributed by atoms with van der Waals surface area (Å²) >= 11 is 0. The Bertz CT molecular complexity index is 515. The quantitative estimate of drug-likeness (QED) is 0.876. The summed E-state index contributed by atoms with van der Waals surface area (Å²) in [7, 11) is 0. The lowest BCUT2D eigenvalue weighted by Gasteiger charge is -2.43. The Morgan fingerprint density at radius 1 is 1.45 bits per heavy atom. The molecule has 0 saturated carbocycles. The van der Waals surface area contributed by atoms with Crippen LogP contribution in [0, 0.1) is 13.8 Å². The average molecular weight is 276 g/mol. The number of pyridine rings is 1. The molecule has 1 amide bonds. The van der Waals surface area contributed by atoms with Crippen LogP contribution in [-0.4, -0.2) is 29.5 Å². The second kappa shape index (κ2) is 5.79. The summed E-state index contributed by atoms with van der Waals surface area (Å²) in [6, 6.07) is 2.58. The van der Waals surface area contributed by atoms with Gasteiger partial charge in [0.2, 0.25) is 0 Å². The van der Waals surface area contributed by atoms with Gasteiger partial charge < -0.3 is 16.4 Å². The first-order valence-electron chi connectivity index (χ1n) is 7.22. The van der Waals surface area contributed by atoms with Crippen LogP contribution in [0.25, 0.3) is 0 Å². The maximum atomic E-state index is 11.8. The normalized spacial score (nSPS) is 22.9. The molecule has 4 N–H and O–H groups in total. The second-order valence-electron chi connectivity index (χ2n) is 5.68. The minimum atomic E-state index is -0.418. The molecule has 0 spiro atoms. The highest BCUT2D eigenvalue weighted by molar-refractivity contribution is 6.00. The Balaban J connectivity index is 2.56. The monoisotopic (exact) mass is 276 g/mol. The molecule has 1 aliphatic heterocycles. The fourth-order valence-electron chi connectivity index (χ4n) is 3.27. The number of carbonyl (C=O) groups excluding carboxylic acids is 1. The van der Waals surface area contributed by atoms with Gasteiger partial charge in [-0.15, -0.1) is 0 Å². The Kier molecular flexibility index (Phi) is 4.28. The molecule has 2 atom stereocenters. The fraction of sp³-hybridized carbons (Fsp3) is 0.600. The first-order valence-corrected chi connectivity index (χ1v) is 7.22. The van der Waals surface area contributed by atoms with Crippen LogP contribution in [0.2, 0.25) is 0 Å². The molecular formula is C15H24N4O. The van der Waals surface area contributed by atoms with Crippen molar-refractivity contribution in [3.05, 3.63) is 23.0 Å². The molecule has 0 radical (unpaired) electrons. The zero-order valence-electron chi connectivity index (χ0n) is 12.5. The van der Waals surface area contributed by atoms with Crippen molar-refractivity contribution in [2.75, 3.05) is 11.4 Å². The van der Waals surface area contributed by atoms with E-state index in [-0.39, 0.29) is 6.04 Å². The molecule has 2 unspecified atom stereocenters. The second-order valence-corrected chi connectivity index (χ2v) is 5.68. The number of anilines is 1. The molecule has 1 aromatic heterocycles. The van der Waals surface area contributed by atoms with Crippen molar-refractivity contribution in [3.63, 3.8) is 0 Å². The molecule has 5 nitrogen and oxygen atoms in total. The van der Waals surface area contributed by atoms with Crippen molar-refractivity contribution < 1.29 is 4.79 Å². The molecule has 0 aliphatic carbocycles. The summed E-state index contributed by atoms with van der Waals surface area (Å²) in [6.45, 7) is 6.54. The minimum Gasteiger partial charge on any atom is -0.365 e. The number of aryl methyl sites for hydroxylation is 2. The van der Waals surface area contributed by atoms with Gasteiger partial charge in [0.25, 0.3) is 5.91 Å². The lowest BCUT2D eigenvalue weighted by molar-refractivity contribution is 0.0999. The van der Waals surface area contributed by atoms with E-state index in [9.17, 15) is 4.79 Å². The third kappa shape index (κ3) is 2.63. The first-order chi connectivity index (χ1) is 9.45. The Labute approximate surface area is 120 Å². The van der Waals surface area contributed by atoms with E-state index in [2.05, 4.69) is 16.8 Å². The Morgan fingerprint density at radius 2 is 2.15 bits per heavy atom. The number of hydrogen-bond donors (Lipinski definition) is 2. The summed E-state index contributed by atoms with van der Waals surface area (Å²) in [6.07, 6.45) is 3.34. The van der Waals surface area contributed by atoms with Crippen molar-refractivity contribution >= 4 is 11.6 Å². The molecular weight excluding hydrogens is 252 g/mol. The summed E-state index contributed by atoms with van der Waals surface area (Å²) in [4.78, 5) is 18.5. The topological polar surface area (TPSA) is 85.2 Å². The molecule has 0 aromatic carbocycles. The molecule has 1 aliphatic rings. The van der Waals surface area contributed by atoms with Gasteiger partial charge in [-0.05, 0) is 46.1 Å². The van der Waals surface area contributed by atoms with Gasteiger partial charge in [-0.1, -0.05) is 0 Å². The maximum absolute atomic E-state index is 11.8. The third-order valence-electron chi connectivity index (χ3n) is 4.13. The van der Waals surface area contributed by atoms with Crippen molar-refractivity contribution in [1.82, 2.24) is 4.98 Å². The van der Waals surface area contributed by atoms with Crippen LogP contribution >= 0.6 is 0 Å². The van der Waals surface area contributed by atoms with Crippen LogP contribution in [0.4, 0.5) is 5.69 Å². The number of primary amides is 1. The molecule has 1 fully saturated rings. The summed E-state index contributed by atoms with van der Waals surface area (Å²) in [5.41, 5.74) is 14.5. The first kappa shape index (κ1) is 14.8. The predicted molar refractivity (Wildman–Crippen MR) is 80.9 cm³/mol. The van der Waals surface area contributed by atoms with Crippen LogP contribution in [-0.2, 0) is 0 Å². The van der Waals surface area contributed by atoms with E-state index in [4.69, 9.17) is 11.5 Å². The fourth-order valence-corrected chi connectivity index (χ4v) is 3.27. The zero-order chi connectivity index (χ0) is 14.9. The highest BCUT2D eigenvalue weighted by Gasteiger charge is 2.30. The lowest BCUT2D eigenvalue weighted by atomic mass is 9.94. The number of nitrogens with two attached hydrogens (primary N) is 2. The van der Waals surface area contributed by atoms with E-state index in [0.29, 0.717) is 23.8 Å². The van der Waals surface area contributed by atoms with Gasteiger partial charge in [-0.3, -0.25) is 9.78 Å². The Hall–Kier alpha value is -1.62. The van der Waals surface area contributed by atoms with Crippen molar-refractivity contribution in [2.24, 2.45) is 11.5 Å². The highest BCUT2D eigenvalue weighted by atomic mass is 16.1. The zero-order valence-corrected chi connectivity index (χ0v) is 12.5. The van der Waals surface area contributed by atoms with Crippen LogP contribution in [0.15, 0.2) is 6.07 Å². The number of rotatable bonds is 3. The van der Waals surface area contributed by atoms with Crippen LogP contribution < -0.4 is 16.4 Å². The SMILES string of the molecule is Cc1cc(N2C(C)CCCC2CN)c(C(N)=O)c(C)n1. The Morgan fingerprint density at radius 3 is 2.75 bits per heavy atom. The predicted octanol–water partition coefficient (Wildman–Crippen LogP) is 1.50. The summed E-state index contributed by atoms with van der Waals surface area (Å²) in [5.74, 6) is -0.418. The van der Waals surface area contributed by atoms with Gasteiger partial charge >= 0.3 is 0 Å². The number of piperidine rings is 1. The molecule has 5 heteroatoms. The molecule has 1 saturated heterocycles. The molecule has 2 rings (SSSR count). The molecule has 0 bridgehead atoms. The van der Waals surface area contributed by atoms with Crippen molar-refractivity contribution in [1.29, 1.82) is 0 Å². The molecule has 1 aromatic rings. The van der Waals surface area contributed by atoms with Crippen LogP contribution in [0.1, 0.15) is 47.9 Å². The van der Waals surface area contributed by atoms with Crippen molar-refractivity contribution in [3.8, 4) is 0 Å². The van der Waals surface area contributed by atoms with E-state index < -0.39 is 5.91 Å². The van der Waals surface area contributed by atoms with Gasteiger partial charge in [0, 0.05) is 24.3 Å². The summed E-state index contributed by atoms with van der Waals surface area (Å²) in [5, 5.41) is 0. The van der Waals surface area contributed by atoms with Gasteiger partial charge in [0.15, 0.2) is 0 Å². The van der Waals surface area contributed by atoms with E-state index in [1.54, 1.807) is 0 Å². The number of nitrogens with zero attached hydrogens (tertiary/aromatic N) is 2. The van der Waals surface area contributed by atoms with Crippen LogP contribution in [0.3, 0.4) is 0 Å². The number of carbonyl (C=O) groups is 1. The van der Waals surface area contributed by atoms with E-state index in [1.165, 1.54) is 6.42 Å². The number of hydrogen-bond acceptors (Lipinski definition) is 4. The number of amides is 1. The minimum absolute atomic E-state index is 0.262. The maximum Gasteiger partial charge on any atom is 0.252 e. The average Bonchev–Trinajstić information content (AvgIpc) is 2.36. The van der Waals surface area contributed by atoms with Gasteiger partial charge in [0.05, 0.1) is 16.9 Å². The molecule has 110 valence electrons. The summed E-state index contributed by atoms with van der Waals surface area (Å²) < 4.78 is 0. The van der Waals surface area contributed by atoms with Gasteiger partial charge in [0.1, 0.15) is 0 Å². The van der Waals surface area contributed by atoms with Crippen LogP contribution in [0.5, 0.6) is 0 Å². The van der Waals surface area contributed by atoms with Gasteiger partial charge in [-0.2, -0.15) is 0 Å². The molecule has 20 heavy (non-hydrogen) atoms. The lowest BCUT2D eigenvalue weighted by Crippen LogP contribution is -2.49. The standard InChI is InChI=1S/C15H24N4O/c1-9-7-13(14(15(17)20)11(3)18-9)19-10(2)5-4-6-12(19)8-16/h7,10,12H,4-6,8,16H2,1-3H3,(H2,17,20). The highest BCUT2D eigenvalue weighted by Crippen LogP contribution is 2.32. The number of aromatic nitrogens is 1. The van der Waals surface area contributed by atoms with E-state index in [0.717, 1.165) is 24.2 Å². The third-order valence-corrected chi connectivity index (χ3v) is 4.13. The molecule has 2 heterocycles. The smallest absolute Gasteiger partial charge is 0.252 e. The van der Waals surface area contributed by atoms with Crippen molar-refractivity contribution in [2.45, 2.75) is 52.1 Å². The van der Waals surface area contributed by atoms with E-state index >= 15 is 0 Å². The van der Waals surface area contributed by atoms with E-state index in [1.807, 2.05) is 19.9 Å².